The number of anilines is 1. The average Bonchev–Trinajstić information content (AvgIpc) is 2.44. The van der Waals surface area contributed by atoms with Crippen LogP contribution < -0.4 is 15.2 Å². The zero-order valence-electron chi connectivity index (χ0n) is 11.1. The van der Waals surface area contributed by atoms with Crippen LogP contribution in [0.2, 0.25) is 0 Å². The van der Waals surface area contributed by atoms with Crippen LogP contribution in [-0.4, -0.2) is 24.3 Å². The Morgan fingerprint density at radius 2 is 1.90 bits per heavy atom. The number of ether oxygens (including phenoxy) is 2. The number of aromatic carboxylic acids is 1. The zero-order valence-corrected chi connectivity index (χ0v) is 12.7. The van der Waals surface area contributed by atoms with Crippen molar-refractivity contribution in [1.82, 2.24) is 0 Å². The van der Waals surface area contributed by atoms with Crippen molar-refractivity contribution in [3.05, 3.63) is 52.5 Å². The van der Waals surface area contributed by atoms with Gasteiger partial charge in [-0.1, -0.05) is 22.0 Å². The minimum absolute atomic E-state index is 0.0393. The molecule has 21 heavy (non-hydrogen) atoms. The molecule has 0 aliphatic rings. The normalized spacial score (nSPS) is 10.1. The summed E-state index contributed by atoms with van der Waals surface area (Å²) in [4.78, 5) is 11.1. The molecule has 110 valence electrons. The maximum Gasteiger partial charge on any atom is 0.339 e. The molecule has 0 saturated heterocycles. The molecule has 0 radical (unpaired) electrons. The molecule has 0 heterocycles. The number of hydrogen-bond acceptors (Lipinski definition) is 4. The number of nitrogens with two attached hydrogens (primary N) is 1. The zero-order chi connectivity index (χ0) is 15.2. The fraction of sp³-hybridized carbons (Fsp3) is 0.133. The van der Waals surface area contributed by atoms with E-state index in [2.05, 4.69) is 15.9 Å². The van der Waals surface area contributed by atoms with Crippen LogP contribution in [0, 0.1) is 0 Å². The lowest BCUT2D eigenvalue weighted by Gasteiger charge is -2.11. The van der Waals surface area contributed by atoms with E-state index in [4.69, 9.17) is 20.3 Å². The number of carboxylic acids is 1. The van der Waals surface area contributed by atoms with Gasteiger partial charge < -0.3 is 20.3 Å². The SMILES string of the molecule is Nc1ccc(OCCOc2cccc(Br)c2)c(C(=O)O)c1. The van der Waals surface area contributed by atoms with E-state index in [1.165, 1.54) is 12.1 Å². The van der Waals surface area contributed by atoms with Gasteiger partial charge in [0.1, 0.15) is 30.3 Å². The van der Waals surface area contributed by atoms with E-state index in [1.54, 1.807) is 6.07 Å². The molecule has 0 aliphatic carbocycles. The van der Waals surface area contributed by atoms with Crippen LogP contribution in [0.3, 0.4) is 0 Å². The van der Waals surface area contributed by atoms with E-state index >= 15 is 0 Å². The third-order valence-electron chi connectivity index (χ3n) is 2.64. The Kier molecular flexibility index (Phi) is 5.05. The molecule has 5 nitrogen and oxygen atoms in total. The quantitative estimate of drug-likeness (QED) is 0.616. The van der Waals surface area contributed by atoms with Crippen molar-refractivity contribution in [3.8, 4) is 11.5 Å². The summed E-state index contributed by atoms with van der Waals surface area (Å²) >= 11 is 3.35. The van der Waals surface area contributed by atoms with Crippen LogP contribution in [-0.2, 0) is 0 Å². The van der Waals surface area contributed by atoms with Gasteiger partial charge in [-0.25, -0.2) is 4.79 Å². The lowest BCUT2D eigenvalue weighted by atomic mass is 10.2. The van der Waals surface area contributed by atoms with Crippen LogP contribution in [0.4, 0.5) is 5.69 Å². The summed E-state index contributed by atoms with van der Waals surface area (Å²) in [6, 6.07) is 11.9. The van der Waals surface area contributed by atoms with Crippen molar-refractivity contribution in [1.29, 1.82) is 0 Å². The average molecular weight is 352 g/mol. The van der Waals surface area contributed by atoms with Gasteiger partial charge >= 0.3 is 5.97 Å². The van der Waals surface area contributed by atoms with Crippen molar-refractivity contribution in [3.63, 3.8) is 0 Å². The number of halogens is 1. The minimum Gasteiger partial charge on any atom is -0.490 e. The van der Waals surface area contributed by atoms with Crippen molar-refractivity contribution >= 4 is 27.6 Å². The molecule has 3 N–H and O–H groups in total. The first kappa shape index (κ1) is 15.2. The molecule has 0 saturated carbocycles. The molecule has 0 fully saturated rings. The van der Waals surface area contributed by atoms with Crippen molar-refractivity contribution < 1.29 is 19.4 Å². The molecular formula is C15H14BrNO4. The van der Waals surface area contributed by atoms with Crippen LogP contribution in [0.5, 0.6) is 11.5 Å². The maximum absolute atomic E-state index is 11.1. The molecule has 2 aromatic carbocycles. The molecule has 0 bridgehead atoms. The molecule has 2 aromatic rings. The number of benzene rings is 2. The Hall–Kier alpha value is -2.21. The Balaban J connectivity index is 1.90. The molecule has 6 heteroatoms. The second-order valence-corrected chi connectivity index (χ2v) is 5.13. The van der Waals surface area contributed by atoms with E-state index in [0.29, 0.717) is 18.0 Å². The van der Waals surface area contributed by atoms with Gasteiger partial charge in [-0.15, -0.1) is 0 Å². The third-order valence-corrected chi connectivity index (χ3v) is 3.13. The molecular weight excluding hydrogens is 338 g/mol. The molecule has 0 spiro atoms. The predicted molar refractivity (Wildman–Crippen MR) is 82.9 cm³/mol. The van der Waals surface area contributed by atoms with Crippen LogP contribution >= 0.6 is 15.9 Å². The van der Waals surface area contributed by atoms with Gasteiger partial charge in [0.25, 0.3) is 0 Å². The van der Waals surface area contributed by atoms with Gasteiger partial charge in [0, 0.05) is 10.2 Å². The van der Waals surface area contributed by atoms with Crippen molar-refractivity contribution in [2.24, 2.45) is 0 Å². The highest BCUT2D eigenvalue weighted by atomic mass is 79.9. The van der Waals surface area contributed by atoms with Crippen LogP contribution in [0.1, 0.15) is 10.4 Å². The van der Waals surface area contributed by atoms with Gasteiger partial charge in [0.05, 0.1) is 0 Å². The molecule has 0 aromatic heterocycles. The summed E-state index contributed by atoms with van der Waals surface area (Å²) < 4.78 is 11.9. The smallest absolute Gasteiger partial charge is 0.339 e. The first-order valence-electron chi connectivity index (χ1n) is 6.20. The number of carbonyl (C=O) groups is 1. The third kappa shape index (κ3) is 4.39. The summed E-state index contributed by atoms with van der Waals surface area (Å²) in [5.41, 5.74) is 5.98. The van der Waals surface area contributed by atoms with E-state index in [0.717, 1.165) is 4.47 Å². The lowest BCUT2D eigenvalue weighted by molar-refractivity contribution is 0.0691. The molecule has 2 rings (SSSR count). The Labute approximate surface area is 130 Å². The van der Waals surface area contributed by atoms with Gasteiger partial charge in [0.15, 0.2) is 0 Å². The van der Waals surface area contributed by atoms with Crippen molar-refractivity contribution in [2.45, 2.75) is 0 Å². The number of rotatable bonds is 6. The van der Waals surface area contributed by atoms with Gasteiger partial charge in [-0.2, -0.15) is 0 Å². The van der Waals surface area contributed by atoms with Gasteiger partial charge in [-0.05, 0) is 36.4 Å². The highest BCUT2D eigenvalue weighted by Gasteiger charge is 2.11. The summed E-state index contributed by atoms with van der Waals surface area (Å²) in [6.45, 7) is 0.538. The second kappa shape index (κ2) is 6.99. The summed E-state index contributed by atoms with van der Waals surface area (Å²) in [5.74, 6) is -0.0940. The fourth-order valence-corrected chi connectivity index (χ4v) is 2.09. The second-order valence-electron chi connectivity index (χ2n) is 4.22. The number of carboxylic acid groups (broad SMARTS) is 1. The molecule has 0 unspecified atom stereocenters. The van der Waals surface area contributed by atoms with E-state index in [1.807, 2.05) is 24.3 Å². The highest BCUT2D eigenvalue weighted by molar-refractivity contribution is 9.10. The summed E-state index contributed by atoms with van der Waals surface area (Å²) in [6.07, 6.45) is 0. The van der Waals surface area contributed by atoms with Gasteiger partial charge in [-0.3, -0.25) is 0 Å². The Morgan fingerprint density at radius 3 is 2.62 bits per heavy atom. The highest BCUT2D eigenvalue weighted by Crippen LogP contribution is 2.22. The minimum atomic E-state index is -1.08. The van der Waals surface area contributed by atoms with E-state index in [-0.39, 0.29) is 17.9 Å². The molecule has 0 atom stereocenters. The van der Waals surface area contributed by atoms with Crippen LogP contribution in [0.15, 0.2) is 46.9 Å². The maximum atomic E-state index is 11.1. The summed E-state index contributed by atoms with van der Waals surface area (Å²) in [7, 11) is 0. The molecule has 0 amide bonds. The van der Waals surface area contributed by atoms with E-state index < -0.39 is 5.97 Å². The number of hydrogen-bond donors (Lipinski definition) is 2. The lowest BCUT2D eigenvalue weighted by Crippen LogP contribution is -2.11. The predicted octanol–water partition coefficient (Wildman–Crippen LogP) is 3.19. The fourth-order valence-electron chi connectivity index (χ4n) is 1.71. The number of nitrogen functional groups attached to an aromatic ring is 1. The topological polar surface area (TPSA) is 81.8 Å². The molecule has 0 aliphatic heterocycles. The van der Waals surface area contributed by atoms with Crippen molar-refractivity contribution in [2.75, 3.05) is 18.9 Å². The standard InChI is InChI=1S/C15H14BrNO4/c16-10-2-1-3-12(8-10)20-6-7-21-14-5-4-11(17)9-13(14)15(18)19/h1-5,8-9H,6-7,17H2,(H,18,19). The monoisotopic (exact) mass is 351 g/mol. The Bertz CT molecular complexity index is 645. The largest absolute Gasteiger partial charge is 0.490 e. The van der Waals surface area contributed by atoms with Crippen LogP contribution in [0.25, 0.3) is 0 Å². The van der Waals surface area contributed by atoms with E-state index in [9.17, 15) is 4.79 Å². The van der Waals surface area contributed by atoms with Gasteiger partial charge in [0.2, 0.25) is 0 Å². The summed E-state index contributed by atoms with van der Waals surface area (Å²) in [5, 5.41) is 9.08. The first-order valence-corrected chi connectivity index (χ1v) is 6.99. The Morgan fingerprint density at radius 1 is 1.14 bits per heavy atom. The first-order chi connectivity index (χ1) is 10.1.